The van der Waals surface area contributed by atoms with E-state index in [1.54, 1.807) is 19.9 Å². The number of rotatable bonds is 5. The summed E-state index contributed by atoms with van der Waals surface area (Å²) >= 11 is 0. The van der Waals surface area contributed by atoms with Crippen molar-refractivity contribution in [1.29, 1.82) is 0 Å². The maximum absolute atomic E-state index is 13.1. The van der Waals surface area contributed by atoms with Gasteiger partial charge in [-0.3, -0.25) is 4.31 Å². The summed E-state index contributed by atoms with van der Waals surface area (Å²) in [4.78, 5) is 11.2. The molecule has 0 spiro atoms. The van der Waals surface area contributed by atoms with Gasteiger partial charge in [-0.2, -0.15) is 0 Å². The van der Waals surface area contributed by atoms with Crippen molar-refractivity contribution in [3.8, 4) is 0 Å². The van der Waals surface area contributed by atoms with Crippen LogP contribution in [0.4, 0.5) is 5.69 Å². The number of aryl methyl sites for hydroxylation is 2. The summed E-state index contributed by atoms with van der Waals surface area (Å²) in [7, 11) is -2.57. The van der Waals surface area contributed by atoms with Crippen molar-refractivity contribution in [2.75, 3.05) is 11.4 Å². The van der Waals surface area contributed by atoms with E-state index in [-0.39, 0.29) is 16.4 Å². The third-order valence-corrected chi connectivity index (χ3v) is 5.64. The third-order valence-electron chi connectivity index (χ3n) is 3.83. The normalized spacial score (nSPS) is 11.8. The van der Waals surface area contributed by atoms with Crippen LogP contribution in [0.15, 0.2) is 27.6 Å². The second-order valence-corrected chi connectivity index (χ2v) is 7.80. The van der Waals surface area contributed by atoms with E-state index in [1.165, 1.54) is 19.2 Å². The fraction of sp³-hybridized carbons (Fsp3) is 0.375. The zero-order chi connectivity index (χ0) is 18.2. The minimum absolute atomic E-state index is 0.0279. The Balaban J connectivity index is 2.68. The molecule has 0 fully saturated rings. The topological polar surface area (TPSA) is 101 Å². The summed E-state index contributed by atoms with van der Waals surface area (Å²) in [6.07, 6.45) is 0. The second-order valence-electron chi connectivity index (χ2n) is 5.86. The molecule has 1 heterocycles. The number of anilines is 1. The van der Waals surface area contributed by atoms with Gasteiger partial charge in [0.1, 0.15) is 11.4 Å². The van der Waals surface area contributed by atoms with Crippen molar-refractivity contribution >= 4 is 21.7 Å². The third kappa shape index (κ3) is 3.01. The van der Waals surface area contributed by atoms with Crippen LogP contribution in [-0.4, -0.2) is 31.7 Å². The van der Waals surface area contributed by atoms with Crippen molar-refractivity contribution in [2.45, 2.75) is 38.5 Å². The maximum Gasteiger partial charge on any atom is 0.335 e. The number of hydrogen-bond donors (Lipinski definition) is 1. The zero-order valence-corrected chi connectivity index (χ0v) is 15.0. The number of carbonyl (C=O) groups is 1. The number of sulfonamides is 1. The molecule has 0 bridgehead atoms. The van der Waals surface area contributed by atoms with Crippen LogP contribution in [0, 0.1) is 13.8 Å². The van der Waals surface area contributed by atoms with Crippen molar-refractivity contribution in [1.82, 2.24) is 5.16 Å². The van der Waals surface area contributed by atoms with E-state index in [1.807, 2.05) is 13.8 Å². The molecule has 0 amide bonds. The van der Waals surface area contributed by atoms with Crippen LogP contribution in [0.5, 0.6) is 0 Å². The van der Waals surface area contributed by atoms with Gasteiger partial charge in [-0.25, -0.2) is 13.2 Å². The van der Waals surface area contributed by atoms with Crippen molar-refractivity contribution in [2.24, 2.45) is 0 Å². The SMILES string of the molecule is Cc1noc(C)c1N(C)S(=O)(=O)c1cc(C(=O)O)ccc1C(C)C. The number of aromatic nitrogens is 1. The molecule has 0 radical (unpaired) electrons. The molecule has 0 aliphatic carbocycles. The standard InChI is InChI=1S/C16H20N2O5S/c1-9(2)13-7-6-12(16(19)20)8-14(13)24(21,22)18(5)15-10(3)17-23-11(15)4/h6-9H,1-5H3,(H,19,20). The number of benzene rings is 1. The van der Waals surface area contributed by atoms with E-state index in [0.717, 1.165) is 4.31 Å². The molecule has 8 heteroatoms. The summed E-state index contributed by atoms with van der Waals surface area (Å²) < 4.78 is 32.3. The molecule has 24 heavy (non-hydrogen) atoms. The number of aromatic carboxylic acids is 1. The lowest BCUT2D eigenvalue weighted by atomic mass is 10.0. The smallest absolute Gasteiger partial charge is 0.335 e. The van der Waals surface area contributed by atoms with E-state index in [9.17, 15) is 18.3 Å². The van der Waals surface area contributed by atoms with Gasteiger partial charge in [0.25, 0.3) is 10.0 Å². The van der Waals surface area contributed by atoms with E-state index in [2.05, 4.69) is 5.16 Å². The molecule has 0 aliphatic heterocycles. The van der Waals surface area contributed by atoms with Crippen LogP contribution < -0.4 is 4.31 Å². The lowest BCUT2D eigenvalue weighted by Crippen LogP contribution is -2.28. The second kappa shape index (κ2) is 6.27. The first-order valence-electron chi connectivity index (χ1n) is 7.36. The summed E-state index contributed by atoms with van der Waals surface area (Å²) in [6, 6.07) is 4.15. The minimum atomic E-state index is -3.97. The molecule has 0 saturated heterocycles. The van der Waals surface area contributed by atoms with Crippen LogP contribution in [0.25, 0.3) is 0 Å². The van der Waals surface area contributed by atoms with Crippen LogP contribution >= 0.6 is 0 Å². The highest BCUT2D eigenvalue weighted by atomic mass is 32.2. The number of carboxylic acids is 1. The van der Waals surface area contributed by atoms with Gasteiger partial charge in [0, 0.05) is 7.05 Å². The Bertz CT molecular complexity index is 864. The first kappa shape index (κ1) is 18.0. The fourth-order valence-corrected chi connectivity index (χ4v) is 4.24. The van der Waals surface area contributed by atoms with Crippen LogP contribution in [0.3, 0.4) is 0 Å². The molecular weight excluding hydrogens is 332 g/mol. The van der Waals surface area contributed by atoms with Crippen molar-refractivity contribution in [3.63, 3.8) is 0 Å². The van der Waals surface area contributed by atoms with Gasteiger partial charge in [0.2, 0.25) is 0 Å². The Kier molecular flexibility index (Phi) is 4.70. The molecule has 2 rings (SSSR count). The van der Waals surface area contributed by atoms with Gasteiger partial charge in [0.05, 0.1) is 10.5 Å². The lowest BCUT2D eigenvalue weighted by Gasteiger charge is -2.22. The summed E-state index contributed by atoms with van der Waals surface area (Å²) in [5.74, 6) is -0.892. The van der Waals surface area contributed by atoms with Gasteiger partial charge in [-0.15, -0.1) is 0 Å². The number of hydrogen-bond acceptors (Lipinski definition) is 5. The van der Waals surface area contributed by atoms with Gasteiger partial charge in [-0.05, 0) is 37.5 Å². The predicted octanol–water partition coefficient (Wildman–Crippen LogP) is 2.94. The molecule has 0 saturated carbocycles. The summed E-state index contributed by atoms with van der Waals surface area (Å²) in [5, 5.41) is 13.0. The summed E-state index contributed by atoms with van der Waals surface area (Å²) in [5.41, 5.74) is 1.27. The first-order chi connectivity index (χ1) is 11.1. The van der Waals surface area contributed by atoms with E-state index in [4.69, 9.17) is 4.52 Å². The minimum Gasteiger partial charge on any atom is -0.478 e. The van der Waals surface area contributed by atoms with Crippen LogP contribution in [0.1, 0.15) is 47.1 Å². The highest BCUT2D eigenvalue weighted by Gasteiger charge is 2.30. The van der Waals surface area contributed by atoms with Crippen molar-refractivity contribution < 1.29 is 22.8 Å². The number of nitrogens with zero attached hydrogens (tertiary/aromatic N) is 2. The van der Waals surface area contributed by atoms with E-state index in [0.29, 0.717) is 22.7 Å². The number of carboxylic acid groups (broad SMARTS) is 1. The Morgan fingerprint density at radius 3 is 2.38 bits per heavy atom. The molecule has 1 aromatic heterocycles. The predicted molar refractivity (Wildman–Crippen MR) is 89.1 cm³/mol. The van der Waals surface area contributed by atoms with Gasteiger partial charge >= 0.3 is 5.97 Å². The highest BCUT2D eigenvalue weighted by Crippen LogP contribution is 2.32. The maximum atomic E-state index is 13.1. The largest absolute Gasteiger partial charge is 0.478 e. The van der Waals surface area contributed by atoms with Gasteiger partial charge in [-0.1, -0.05) is 25.1 Å². The Labute approximate surface area is 140 Å². The van der Waals surface area contributed by atoms with Crippen LogP contribution in [-0.2, 0) is 10.0 Å². The molecule has 0 unspecified atom stereocenters. The van der Waals surface area contributed by atoms with Crippen molar-refractivity contribution in [3.05, 3.63) is 40.8 Å². The van der Waals surface area contributed by atoms with Crippen LogP contribution in [0.2, 0.25) is 0 Å². The van der Waals surface area contributed by atoms with E-state index < -0.39 is 16.0 Å². The van der Waals surface area contributed by atoms with Gasteiger partial charge < -0.3 is 9.63 Å². The summed E-state index contributed by atoms with van der Waals surface area (Å²) in [6.45, 7) is 6.97. The van der Waals surface area contributed by atoms with E-state index >= 15 is 0 Å². The molecule has 7 nitrogen and oxygen atoms in total. The molecule has 0 atom stereocenters. The fourth-order valence-electron chi connectivity index (χ4n) is 2.56. The Hall–Kier alpha value is -2.35. The average molecular weight is 352 g/mol. The molecule has 0 aliphatic rings. The highest BCUT2D eigenvalue weighted by molar-refractivity contribution is 7.92. The molecule has 130 valence electrons. The Morgan fingerprint density at radius 1 is 1.29 bits per heavy atom. The van der Waals surface area contributed by atoms with Gasteiger partial charge in [0.15, 0.2) is 5.76 Å². The lowest BCUT2D eigenvalue weighted by molar-refractivity contribution is 0.0696. The average Bonchev–Trinajstić information content (AvgIpc) is 2.84. The molecular formula is C16H20N2O5S. The monoisotopic (exact) mass is 352 g/mol. The Morgan fingerprint density at radius 2 is 1.92 bits per heavy atom. The molecule has 1 aromatic carbocycles. The zero-order valence-electron chi connectivity index (χ0n) is 14.2. The molecule has 2 aromatic rings. The molecule has 1 N–H and O–H groups in total. The quantitative estimate of drug-likeness (QED) is 0.888. The first-order valence-corrected chi connectivity index (χ1v) is 8.80.